The van der Waals surface area contributed by atoms with Gasteiger partial charge in [0.25, 0.3) is 5.91 Å². The zero-order valence-electron chi connectivity index (χ0n) is 23.6. The van der Waals surface area contributed by atoms with E-state index in [2.05, 4.69) is 55.9 Å². The molecule has 0 saturated carbocycles. The molecule has 11 nitrogen and oxygen atoms in total. The summed E-state index contributed by atoms with van der Waals surface area (Å²) in [6.45, 7) is 8.93. The van der Waals surface area contributed by atoms with Crippen molar-refractivity contribution < 1.29 is 50.9 Å². The molecule has 1 fully saturated rings. The molecule has 240 valence electrons. The molecule has 4 rings (SSSR count). The average molecular weight is 625 g/mol. The van der Waals surface area contributed by atoms with Gasteiger partial charge < -0.3 is 20.1 Å². The van der Waals surface area contributed by atoms with Crippen LogP contribution >= 0.6 is 0 Å². The zero-order valence-corrected chi connectivity index (χ0v) is 23.6. The minimum absolute atomic E-state index is 0.0889. The number of nitrogens with zero attached hydrogens (tertiary/aromatic N) is 5. The van der Waals surface area contributed by atoms with Crippen LogP contribution in [0.15, 0.2) is 24.4 Å². The summed E-state index contributed by atoms with van der Waals surface area (Å²) in [6.07, 6.45) is -2.99. The van der Waals surface area contributed by atoms with Crippen molar-refractivity contribution in [3.05, 3.63) is 41.7 Å². The summed E-state index contributed by atoms with van der Waals surface area (Å²) in [6, 6.07) is 6.11. The molecule has 3 N–H and O–H groups in total. The summed E-state index contributed by atoms with van der Waals surface area (Å²) >= 11 is 0. The highest BCUT2D eigenvalue weighted by Gasteiger charge is 2.40. The first-order chi connectivity index (χ1) is 19.9. The highest BCUT2D eigenvalue weighted by atomic mass is 19.4. The van der Waals surface area contributed by atoms with Crippen molar-refractivity contribution in [2.45, 2.75) is 71.4 Å². The number of carbonyl (C=O) groups excluding carboxylic acids is 1. The maximum atomic E-state index is 12.6. The molecule has 1 spiro atoms. The molecule has 0 bridgehead atoms. The van der Waals surface area contributed by atoms with E-state index in [1.807, 2.05) is 12.3 Å². The number of aromatic nitrogens is 4. The number of halogens is 6. The Labute approximate surface area is 243 Å². The van der Waals surface area contributed by atoms with Gasteiger partial charge in [0.05, 0.1) is 5.69 Å². The highest BCUT2D eigenvalue weighted by molar-refractivity contribution is 5.90. The second kappa shape index (κ2) is 15.1. The molecule has 0 radical (unpaired) electrons. The summed E-state index contributed by atoms with van der Waals surface area (Å²) in [4.78, 5) is 37.4. The summed E-state index contributed by atoms with van der Waals surface area (Å²) in [7, 11) is 0. The zero-order chi connectivity index (χ0) is 32.4. The van der Waals surface area contributed by atoms with Crippen molar-refractivity contribution in [2.75, 3.05) is 19.6 Å². The van der Waals surface area contributed by atoms with Gasteiger partial charge in [-0.25, -0.2) is 9.59 Å². The van der Waals surface area contributed by atoms with Crippen LogP contribution in [0.3, 0.4) is 0 Å². The maximum Gasteiger partial charge on any atom is 0.490 e. The molecule has 2 aromatic rings. The van der Waals surface area contributed by atoms with Crippen molar-refractivity contribution >= 4 is 17.8 Å². The van der Waals surface area contributed by atoms with Crippen LogP contribution in [0.4, 0.5) is 26.3 Å². The van der Waals surface area contributed by atoms with E-state index in [0.29, 0.717) is 18.3 Å². The van der Waals surface area contributed by atoms with E-state index in [1.54, 1.807) is 0 Å². The van der Waals surface area contributed by atoms with E-state index in [9.17, 15) is 31.1 Å². The first-order valence-electron chi connectivity index (χ1n) is 13.4. The Bertz CT molecular complexity index is 1190. The molecule has 0 aliphatic carbocycles. The number of carboxylic acids is 2. The second-order valence-corrected chi connectivity index (χ2v) is 10.7. The molecule has 1 amide bonds. The van der Waals surface area contributed by atoms with Gasteiger partial charge in [-0.2, -0.15) is 26.3 Å². The quantitative estimate of drug-likeness (QED) is 0.406. The van der Waals surface area contributed by atoms with E-state index in [1.165, 1.54) is 0 Å². The van der Waals surface area contributed by atoms with Gasteiger partial charge in [0.15, 0.2) is 0 Å². The van der Waals surface area contributed by atoms with Crippen molar-refractivity contribution in [3.63, 3.8) is 0 Å². The second-order valence-electron chi connectivity index (χ2n) is 10.7. The minimum Gasteiger partial charge on any atom is -0.475 e. The predicted octanol–water partition coefficient (Wildman–Crippen LogP) is 3.94. The lowest BCUT2D eigenvalue weighted by molar-refractivity contribution is -0.193. The van der Waals surface area contributed by atoms with Gasteiger partial charge in [0.2, 0.25) is 5.82 Å². The van der Waals surface area contributed by atoms with Gasteiger partial charge in [-0.1, -0.05) is 19.9 Å². The summed E-state index contributed by atoms with van der Waals surface area (Å²) in [5.41, 5.74) is 1.39. The third kappa shape index (κ3) is 11.4. The Morgan fingerprint density at radius 3 is 2.05 bits per heavy atom. The average Bonchev–Trinajstić information content (AvgIpc) is 3.33. The third-order valence-corrected chi connectivity index (χ3v) is 6.92. The largest absolute Gasteiger partial charge is 0.490 e. The number of nitrogens with one attached hydrogen (secondary N) is 1. The lowest BCUT2D eigenvalue weighted by Gasteiger charge is -2.44. The number of piperidine rings is 1. The molecule has 0 aromatic carbocycles. The maximum absolute atomic E-state index is 12.6. The van der Waals surface area contributed by atoms with Gasteiger partial charge in [0, 0.05) is 32.3 Å². The van der Waals surface area contributed by atoms with Crippen LogP contribution in [-0.2, 0) is 29.1 Å². The van der Waals surface area contributed by atoms with E-state index in [4.69, 9.17) is 19.8 Å². The molecular formula is C26H34F6N6O5. The van der Waals surface area contributed by atoms with Crippen LogP contribution in [0.5, 0.6) is 0 Å². The normalized spacial score (nSPS) is 16.3. The Hall–Kier alpha value is -3.76. The van der Waals surface area contributed by atoms with Crippen LogP contribution in [0.1, 0.15) is 61.7 Å². The van der Waals surface area contributed by atoms with E-state index >= 15 is 0 Å². The Balaban J connectivity index is 0.000000384. The third-order valence-electron chi connectivity index (χ3n) is 6.92. The number of carbonyl (C=O) groups is 3. The van der Waals surface area contributed by atoms with E-state index < -0.39 is 24.3 Å². The van der Waals surface area contributed by atoms with Gasteiger partial charge >= 0.3 is 24.3 Å². The molecule has 0 unspecified atom stereocenters. The highest BCUT2D eigenvalue weighted by Crippen LogP contribution is 2.41. The molecule has 2 aliphatic rings. The first-order valence-corrected chi connectivity index (χ1v) is 13.4. The summed E-state index contributed by atoms with van der Waals surface area (Å²) in [5.74, 6) is -3.59. The number of carboxylic acid groups (broad SMARTS) is 2. The molecule has 2 aliphatic heterocycles. The molecule has 2 aromatic heterocycles. The monoisotopic (exact) mass is 624 g/mol. The number of hydrogen-bond acceptors (Lipinski definition) is 7. The van der Waals surface area contributed by atoms with Crippen LogP contribution < -0.4 is 5.32 Å². The van der Waals surface area contributed by atoms with E-state index in [-0.39, 0.29) is 11.3 Å². The van der Waals surface area contributed by atoms with Crippen molar-refractivity contribution in [1.29, 1.82) is 0 Å². The number of alkyl halides is 6. The molecule has 4 heterocycles. The molecular weight excluding hydrogens is 590 g/mol. The van der Waals surface area contributed by atoms with Gasteiger partial charge in [-0.3, -0.25) is 14.7 Å². The minimum atomic E-state index is -5.08. The number of fused-ring (bicyclic) bond motifs is 1. The van der Waals surface area contributed by atoms with Crippen LogP contribution in [0.25, 0.3) is 0 Å². The van der Waals surface area contributed by atoms with Crippen molar-refractivity contribution in [1.82, 2.24) is 30.0 Å². The Morgan fingerprint density at radius 2 is 1.56 bits per heavy atom. The Kier molecular flexibility index (Phi) is 12.5. The predicted molar refractivity (Wildman–Crippen MR) is 139 cm³/mol. The van der Waals surface area contributed by atoms with Crippen molar-refractivity contribution in [3.8, 4) is 0 Å². The molecule has 0 atom stereocenters. The lowest BCUT2D eigenvalue weighted by atomic mass is 9.73. The van der Waals surface area contributed by atoms with Gasteiger partial charge in [-0.05, 0) is 62.2 Å². The van der Waals surface area contributed by atoms with Crippen LogP contribution in [-0.4, -0.2) is 84.7 Å². The topological polar surface area (TPSA) is 151 Å². The van der Waals surface area contributed by atoms with Gasteiger partial charge in [-0.15, -0.1) is 10.2 Å². The number of pyridine rings is 1. The lowest BCUT2D eigenvalue weighted by Crippen LogP contribution is -2.45. The van der Waals surface area contributed by atoms with E-state index in [0.717, 1.165) is 69.8 Å². The van der Waals surface area contributed by atoms with Crippen molar-refractivity contribution in [2.24, 2.45) is 11.3 Å². The number of rotatable bonds is 6. The molecule has 1 saturated heterocycles. The number of amides is 1. The summed E-state index contributed by atoms with van der Waals surface area (Å²) in [5, 5.41) is 25.8. The molecule has 17 heteroatoms. The number of aliphatic carboxylic acids is 2. The van der Waals surface area contributed by atoms with Gasteiger partial charge in [0.1, 0.15) is 5.82 Å². The fraction of sp³-hybridized carbons (Fsp3) is 0.615. The number of likely N-dealkylation sites (tertiary alicyclic amines) is 1. The smallest absolute Gasteiger partial charge is 0.475 e. The fourth-order valence-electron chi connectivity index (χ4n) is 4.51. The first kappa shape index (κ1) is 35.4. The number of hydrogen-bond donors (Lipinski definition) is 3. The SMILES string of the molecule is CC(C)CCNC(=O)c1nnc2n1CC1(CC2)CCN(Cc2ccccn2)CC1.O=C(O)C(F)(F)F.O=C(O)C(F)(F)F. The standard InChI is InChI=1S/C22H32N6O.2C2HF3O2/c1-17(2)7-12-24-21(29)20-26-25-19-6-8-22(16-28(19)20)9-13-27(14-10-22)15-18-5-3-4-11-23-18;2*3-2(4,5)1(6)7/h3-5,11,17H,6-10,12-16H2,1-2H3,(H,24,29);2*(H,6,7). The summed E-state index contributed by atoms with van der Waals surface area (Å²) < 4.78 is 65.6. The number of aryl methyl sites for hydroxylation is 1. The molecule has 43 heavy (non-hydrogen) atoms. The Morgan fingerprint density at radius 1 is 0.977 bits per heavy atom. The van der Waals surface area contributed by atoms with Crippen LogP contribution in [0.2, 0.25) is 0 Å². The van der Waals surface area contributed by atoms with Crippen LogP contribution in [0, 0.1) is 11.3 Å². The fourth-order valence-corrected chi connectivity index (χ4v) is 4.51.